The smallest absolute Gasteiger partial charge is 0.236 e. The zero-order chi connectivity index (χ0) is 15.6. The van der Waals surface area contributed by atoms with Crippen molar-refractivity contribution in [1.82, 2.24) is 19.8 Å². The number of hydrogen-bond acceptors (Lipinski definition) is 6. The van der Waals surface area contributed by atoms with Gasteiger partial charge in [-0.2, -0.15) is 0 Å². The first kappa shape index (κ1) is 15.6. The van der Waals surface area contributed by atoms with Gasteiger partial charge >= 0.3 is 0 Å². The predicted molar refractivity (Wildman–Crippen MR) is 77.3 cm³/mol. The lowest BCUT2D eigenvalue weighted by Gasteiger charge is -2.20. The molecule has 8 nitrogen and oxygen atoms in total. The molecule has 0 saturated carbocycles. The normalized spacial score (nSPS) is 13.8. The monoisotopic (exact) mass is 313 g/mol. The van der Waals surface area contributed by atoms with Gasteiger partial charge in [-0.1, -0.05) is 13.8 Å². The third-order valence-electron chi connectivity index (χ3n) is 3.25. The molecule has 0 fully saturated rings. The van der Waals surface area contributed by atoms with E-state index in [1.54, 1.807) is 6.07 Å². The maximum absolute atomic E-state index is 11.2. The van der Waals surface area contributed by atoms with Crippen LogP contribution in [-0.2, 0) is 10.0 Å². The van der Waals surface area contributed by atoms with Crippen molar-refractivity contribution in [1.29, 1.82) is 0 Å². The molecule has 0 aliphatic carbocycles. The molecular formula is C12H19N5O3S. The second-order valence-corrected chi connectivity index (χ2v) is 7.04. The molecular weight excluding hydrogens is 294 g/mol. The fourth-order valence-electron chi connectivity index (χ4n) is 1.90. The highest BCUT2D eigenvalue weighted by Gasteiger charge is 2.21. The van der Waals surface area contributed by atoms with Gasteiger partial charge in [0.25, 0.3) is 0 Å². The van der Waals surface area contributed by atoms with Gasteiger partial charge in [0, 0.05) is 11.5 Å². The van der Waals surface area contributed by atoms with E-state index >= 15 is 0 Å². The number of primary sulfonamides is 1. The molecule has 21 heavy (non-hydrogen) atoms. The number of fused-ring (bicyclic) bond motifs is 1. The van der Waals surface area contributed by atoms with Gasteiger partial charge in [-0.3, -0.25) is 0 Å². The molecule has 2 N–H and O–H groups in total. The largest absolute Gasteiger partial charge is 0.476 e. The first-order chi connectivity index (χ1) is 9.76. The summed E-state index contributed by atoms with van der Waals surface area (Å²) in [6.07, 6.45) is 1.41. The van der Waals surface area contributed by atoms with E-state index in [0.717, 1.165) is 5.56 Å². The lowest BCUT2D eigenvalue weighted by atomic mass is 9.99. The maximum Gasteiger partial charge on any atom is 0.236 e. The average Bonchev–Trinajstić information content (AvgIpc) is 2.79. The van der Waals surface area contributed by atoms with Crippen molar-refractivity contribution in [3.63, 3.8) is 0 Å². The number of aryl methyl sites for hydroxylation is 1. The van der Waals surface area contributed by atoms with Gasteiger partial charge in [0.15, 0.2) is 5.65 Å². The van der Waals surface area contributed by atoms with Crippen LogP contribution in [0.5, 0.6) is 5.88 Å². The highest BCUT2D eigenvalue weighted by molar-refractivity contribution is 7.89. The fraction of sp³-hybridized carbons (Fsp3) is 0.583. The maximum atomic E-state index is 11.2. The summed E-state index contributed by atoms with van der Waals surface area (Å²) in [7, 11) is -3.54. The van der Waals surface area contributed by atoms with Gasteiger partial charge in [0.2, 0.25) is 15.9 Å². The van der Waals surface area contributed by atoms with E-state index in [9.17, 15) is 8.42 Å². The van der Waals surface area contributed by atoms with Crippen molar-refractivity contribution in [2.45, 2.75) is 20.8 Å². The van der Waals surface area contributed by atoms with Gasteiger partial charge in [-0.25, -0.2) is 18.5 Å². The number of rotatable bonds is 6. The van der Waals surface area contributed by atoms with E-state index < -0.39 is 10.0 Å². The Kier molecular flexibility index (Phi) is 4.43. The molecule has 9 heteroatoms. The summed E-state index contributed by atoms with van der Waals surface area (Å²) in [6.45, 7) is 5.93. The average molecular weight is 313 g/mol. The van der Waals surface area contributed by atoms with E-state index in [2.05, 4.69) is 15.2 Å². The van der Waals surface area contributed by atoms with E-state index in [4.69, 9.17) is 9.88 Å². The van der Waals surface area contributed by atoms with Crippen LogP contribution in [0.3, 0.4) is 0 Å². The quantitative estimate of drug-likeness (QED) is 0.824. The molecule has 0 aromatic carbocycles. The summed E-state index contributed by atoms with van der Waals surface area (Å²) in [6, 6.07) is 1.80. The van der Waals surface area contributed by atoms with Crippen LogP contribution in [0.15, 0.2) is 12.4 Å². The molecule has 0 amide bonds. The third kappa shape index (κ3) is 4.11. The molecule has 116 valence electrons. The Hall–Kier alpha value is -1.74. The van der Waals surface area contributed by atoms with Gasteiger partial charge in [-0.15, -0.1) is 14.8 Å². The van der Waals surface area contributed by atoms with Crippen molar-refractivity contribution in [3.8, 4) is 5.88 Å². The minimum Gasteiger partial charge on any atom is -0.476 e. The van der Waals surface area contributed by atoms with Crippen molar-refractivity contribution in [3.05, 3.63) is 18.0 Å². The van der Waals surface area contributed by atoms with Gasteiger partial charge in [0.1, 0.15) is 6.33 Å². The number of nitrogens with zero attached hydrogens (tertiary/aromatic N) is 4. The topological polar surface area (TPSA) is 112 Å². The second-order valence-electron chi connectivity index (χ2n) is 5.38. The summed E-state index contributed by atoms with van der Waals surface area (Å²) in [4.78, 5) is 4.03. The molecule has 2 aromatic heterocycles. The number of nitrogens with two attached hydrogens (primary N) is 1. The molecule has 2 rings (SSSR count). The molecule has 0 bridgehead atoms. The SMILES string of the molecule is Cc1cc2ncnn2nc1OCC(CS(N)(=O)=O)C(C)C. The van der Waals surface area contributed by atoms with Crippen LogP contribution in [0.25, 0.3) is 5.65 Å². The molecule has 0 radical (unpaired) electrons. The molecule has 0 spiro atoms. The summed E-state index contributed by atoms with van der Waals surface area (Å²) >= 11 is 0. The third-order valence-corrected chi connectivity index (χ3v) is 4.14. The molecule has 2 heterocycles. The summed E-state index contributed by atoms with van der Waals surface area (Å²) in [5.74, 6) is 0.217. The first-order valence-electron chi connectivity index (χ1n) is 6.57. The molecule has 0 aliphatic heterocycles. The van der Waals surface area contributed by atoms with Crippen LogP contribution in [-0.4, -0.2) is 40.6 Å². The standard InChI is InChI=1S/C12H19N5O3S/c1-8(2)10(6-21(13,18)19)5-20-12-9(3)4-11-14-7-15-17(11)16-12/h4,7-8,10H,5-6H2,1-3H3,(H2,13,18,19). The number of ether oxygens (including phenoxy) is 1. The Balaban J connectivity index is 2.13. The fourth-order valence-corrected chi connectivity index (χ4v) is 2.97. The van der Waals surface area contributed by atoms with Crippen LogP contribution < -0.4 is 9.88 Å². The molecule has 0 aliphatic rings. The second kappa shape index (κ2) is 5.94. The zero-order valence-corrected chi connectivity index (χ0v) is 13.0. The lowest BCUT2D eigenvalue weighted by Crippen LogP contribution is -2.30. The summed E-state index contributed by atoms with van der Waals surface area (Å²) in [5, 5.41) is 13.3. The minimum atomic E-state index is -3.54. The van der Waals surface area contributed by atoms with E-state index in [0.29, 0.717) is 11.5 Å². The highest BCUT2D eigenvalue weighted by atomic mass is 32.2. The zero-order valence-electron chi connectivity index (χ0n) is 12.2. The number of aromatic nitrogens is 4. The van der Waals surface area contributed by atoms with Gasteiger partial charge in [0.05, 0.1) is 12.4 Å². The Morgan fingerprint density at radius 1 is 1.43 bits per heavy atom. The molecule has 2 aromatic rings. The lowest BCUT2D eigenvalue weighted by molar-refractivity contribution is 0.213. The van der Waals surface area contributed by atoms with E-state index in [-0.39, 0.29) is 24.2 Å². The Morgan fingerprint density at radius 3 is 2.76 bits per heavy atom. The Bertz CT molecular complexity index is 726. The van der Waals surface area contributed by atoms with Crippen molar-refractivity contribution in [2.24, 2.45) is 17.0 Å². The van der Waals surface area contributed by atoms with E-state index in [1.165, 1.54) is 11.0 Å². The molecule has 0 saturated heterocycles. The predicted octanol–water partition coefficient (Wildman–Crippen LogP) is 0.372. The summed E-state index contributed by atoms with van der Waals surface area (Å²) < 4.78 is 29.5. The highest BCUT2D eigenvalue weighted by Crippen LogP contribution is 2.18. The molecule has 1 unspecified atom stereocenters. The van der Waals surface area contributed by atoms with Crippen LogP contribution >= 0.6 is 0 Å². The van der Waals surface area contributed by atoms with Gasteiger partial charge < -0.3 is 4.74 Å². The first-order valence-corrected chi connectivity index (χ1v) is 8.29. The van der Waals surface area contributed by atoms with E-state index in [1.807, 2.05) is 20.8 Å². The Labute approximate surface area is 123 Å². The molecule has 1 atom stereocenters. The van der Waals surface area contributed by atoms with Crippen molar-refractivity contribution in [2.75, 3.05) is 12.4 Å². The van der Waals surface area contributed by atoms with Crippen molar-refractivity contribution >= 4 is 15.7 Å². The van der Waals surface area contributed by atoms with Crippen LogP contribution in [0.2, 0.25) is 0 Å². The van der Waals surface area contributed by atoms with Crippen LogP contribution in [0.1, 0.15) is 19.4 Å². The minimum absolute atomic E-state index is 0.116. The van der Waals surface area contributed by atoms with Crippen LogP contribution in [0.4, 0.5) is 0 Å². The number of hydrogen-bond donors (Lipinski definition) is 1. The van der Waals surface area contributed by atoms with Crippen molar-refractivity contribution < 1.29 is 13.2 Å². The summed E-state index contributed by atoms with van der Waals surface area (Å²) in [5.41, 5.74) is 1.44. The van der Waals surface area contributed by atoms with Crippen LogP contribution in [0, 0.1) is 18.8 Å². The Morgan fingerprint density at radius 2 is 2.14 bits per heavy atom. The van der Waals surface area contributed by atoms with Gasteiger partial charge in [-0.05, 0) is 18.9 Å². The number of sulfonamides is 1.